The molecule has 0 aliphatic carbocycles. The molecule has 112 valence electrons. The van der Waals surface area contributed by atoms with Crippen LogP contribution in [0, 0.1) is 5.92 Å². The van der Waals surface area contributed by atoms with Crippen molar-refractivity contribution in [2.24, 2.45) is 11.7 Å². The second-order valence-corrected chi connectivity index (χ2v) is 6.77. The molecule has 0 aliphatic rings. The summed E-state index contributed by atoms with van der Waals surface area (Å²) in [5.74, 6) is -0.399. The van der Waals surface area contributed by atoms with Crippen molar-refractivity contribution < 1.29 is 14.7 Å². The summed E-state index contributed by atoms with van der Waals surface area (Å²) in [5, 5.41) is 13.6. The highest BCUT2D eigenvalue weighted by atomic mass is 32.2. The maximum absolute atomic E-state index is 11.9. The van der Waals surface area contributed by atoms with E-state index in [9.17, 15) is 9.59 Å². The molecule has 7 heteroatoms. The standard InChI is InChI=1S/C13H20N2O3S2/c1-8(2)12(10-4-3-5-20-10)15-11(16)7-19-6-9(14)13(17)18/h3-5,8-9,12H,6-7,14H2,1-2H3,(H,15,16)(H,17,18)/t9-,12?/m1/s1. The first-order chi connectivity index (χ1) is 9.41. The number of thiophene rings is 1. The zero-order chi connectivity index (χ0) is 15.1. The van der Waals surface area contributed by atoms with Gasteiger partial charge in [0.2, 0.25) is 5.91 Å². The predicted octanol–water partition coefficient (Wildman–Crippen LogP) is 1.71. The summed E-state index contributed by atoms with van der Waals surface area (Å²) in [6.07, 6.45) is 0. The third-order valence-electron chi connectivity index (χ3n) is 2.68. The maximum atomic E-state index is 11.9. The summed E-state index contributed by atoms with van der Waals surface area (Å²) in [4.78, 5) is 23.6. The molecule has 2 atom stereocenters. The molecule has 0 aliphatic heterocycles. The molecule has 1 unspecified atom stereocenters. The monoisotopic (exact) mass is 316 g/mol. The van der Waals surface area contributed by atoms with Gasteiger partial charge in [0.15, 0.2) is 0 Å². The van der Waals surface area contributed by atoms with E-state index in [2.05, 4.69) is 19.2 Å². The average molecular weight is 316 g/mol. The van der Waals surface area contributed by atoms with Gasteiger partial charge in [-0.25, -0.2) is 0 Å². The van der Waals surface area contributed by atoms with Crippen molar-refractivity contribution in [3.63, 3.8) is 0 Å². The van der Waals surface area contributed by atoms with Crippen LogP contribution in [-0.4, -0.2) is 34.5 Å². The van der Waals surface area contributed by atoms with Crippen LogP contribution in [0.15, 0.2) is 17.5 Å². The molecule has 1 heterocycles. The van der Waals surface area contributed by atoms with E-state index in [1.54, 1.807) is 11.3 Å². The first-order valence-corrected chi connectivity index (χ1v) is 8.34. The molecule has 0 spiro atoms. The summed E-state index contributed by atoms with van der Waals surface area (Å²) in [6, 6.07) is 3.04. The van der Waals surface area contributed by atoms with Crippen LogP contribution in [-0.2, 0) is 9.59 Å². The molecule has 0 radical (unpaired) electrons. The molecule has 1 rings (SSSR count). The molecule has 4 N–H and O–H groups in total. The molecule has 1 aromatic rings. The quantitative estimate of drug-likeness (QED) is 0.679. The second-order valence-electron chi connectivity index (χ2n) is 4.76. The lowest BCUT2D eigenvalue weighted by atomic mass is 10.0. The van der Waals surface area contributed by atoms with Crippen molar-refractivity contribution in [3.8, 4) is 0 Å². The summed E-state index contributed by atoms with van der Waals surface area (Å²) >= 11 is 2.85. The van der Waals surface area contributed by atoms with Gasteiger partial charge in [-0.1, -0.05) is 19.9 Å². The van der Waals surface area contributed by atoms with E-state index in [-0.39, 0.29) is 23.5 Å². The third kappa shape index (κ3) is 5.52. The van der Waals surface area contributed by atoms with Gasteiger partial charge >= 0.3 is 5.97 Å². The van der Waals surface area contributed by atoms with Crippen molar-refractivity contribution >= 4 is 35.0 Å². The van der Waals surface area contributed by atoms with Crippen LogP contribution in [0.2, 0.25) is 0 Å². The highest BCUT2D eigenvalue weighted by molar-refractivity contribution is 8.00. The number of carbonyl (C=O) groups excluding carboxylic acids is 1. The summed E-state index contributed by atoms with van der Waals surface area (Å²) in [5.41, 5.74) is 5.38. The molecule has 5 nitrogen and oxygen atoms in total. The van der Waals surface area contributed by atoms with Crippen LogP contribution in [0.25, 0.3) is 0 Å². The Kier molecular flexibility index (Phi) is 7.04. The molecule has 0 saturated carbocycles. The van der Waals surface area contributed by atoms with Crippen molar-refractivity contribution in [2.45, 2.75) is 25.9 Å². The number of thioether (sulfide) groups is 1. The minimum absolute atomic E-state index is 0.00347. The average Bonchev–Trinajstić information content (AvgIpc) is 2.88. The Morgan fingerprint density at radius 3 is 2.70 bits per heavy atom. The van der Waals surface area contributed by atoms with Crippen molar-refractivity contribution in [2.75, 3.05) is 11.5 Å². The molecule has 0 saturated heterocycles. The Labute approximate surface area is 126 Å². The molecule has 1 amide bonds. The molecule has 1 aromatic heterocycles. The topological polar surface area (TPSA) is 92.4 Å². The van der Waals surface area contributed by atoms with Crippen LogP contribution in [0.5, 0.6) is 0 Å². The molecule has 0 fully saturated rings. The van der Waals surface area contributed by atoms with Gasteiger partial charge in [-0.05, 0) is 17.4 Å². The predicted molar refractivity (Wildman–Crippen MR) is 83.0 cm³/mol. The Hall–Kier alpha value is -1.05. The number of hydrogen-bond acceptors (Lipinski definition) is 5. The highest BCUT2D eigenvalue weighted by Crippen LogP contribution is 2.25. The first-order valence-electron chi connectivity index (χ1n) is 6.30. The summed E-state index contributed by atoms with van der Waals surface area (Å²) in [6.45, 7) is 4.11. The minimum Gasteiger partial charge on any atom is -0.480 e. The van der Waals surface area contributed by atoms with Gasteiger partial charge in [0.25, 0.3) is 0 Å². The summed E-state index contributed by atoms with van der Waals surface area (Å²) in [7, 11) is 0. The highest BCUT2D eigenvalue weighted by Gasteiger charge is 2.19. The van der Waals surface area contributed by atoms with Crippen LogP contribution in [0.4, 0.5) is 0 Å². The normalized spacial score (nSPS) is 14.0. The number of carboxylic acid groups (broad SMARTS) is 1. The molecule has 0 bridgehead atoms. The smallest absolute Gasteiger partial charge is 0.321 e. The fourth-order valence-corrected chi connectivity index (χ4v) is 3.33. The van der Waals surface area contributed by atoms with Crippen LogP contribution in [0.1, 0.15) is 24.8 Å². The fraction of sp³-hybridized carbons (Fsp3) is 0.538. The van der Waals surface area contributed by atoms with Gasteiger partial charge in [0.1, 0.15) is 6.04 Å². The van der Waals surface area contributed by atoms with E-state index >= 15 is 0 Å². The van der Waals surface area contributed by atoms with Crippen molar-refractivity contribution in [1.82, 2.24) is 5.32 Å². The lowest BCUT2D eigenvalue weighted by Gasteiger charge is -2.21. The Balaban J connectivity index is 2.42. The number of amides is 1. The number of nitrogens with one attached hydrogen (secondary N) is 1. The van der Waals surface area contributed by atoms with E-state index in [1.165, 1.54) is 11.8 Å². The number of carbonyl (C=O) groups is 2. The minimum atomic E-state index is -1.04. The number of aliphatic carboxylic acids is 1. The van der Waals surface area contributed by atoms with Crippen LogP contribution < -0.4 is 11.1 Å². The Morgan fingerprint density at radius 1 is 1.50 bits per heavy atom. The van der Waals surface area contributed by atoms with Gasteiger partial charge in [0, 0.05) is 10.6 Å². The van der Waals surface area contributed by atoms with E-state index in [4.69, 9.17) is 10.8 Å². The molecule has 20 heavy (non-hydrogen) atoms. The lowest BCUT2D eigenvalue weighted by Crippen LogP contribution is -2.35. The molecule has 0 aromatic carbocycles. The van der Waals surface area contributed by atoms with Crippen molar-refractivity contribution in [3.05, 3.63) is 22.4 Å². The number of nitrogens with two attached hydrogens (primary N) is 1. The zero-order valence-electron chi connectivity index (χ0n) is 11.5. The van der Waals surface area contributed by atoms with E-state index in [0.29, 0.717) is 5.92 Å². The fourth-order valence-electron chi connectivity index (χ4n) is 1.60. The van der Waals surface area contributed by atoms with E-state index in [0.717, 1.165) is 4.88 Å². The van der Waals surface area contributed by atoms with Gasteiger partial charge in [0.05, 0.1) is 11.8 Å². The van der Waals surface area contributed by atoms with Crippen molar-refractivity contribution in [1.29, 1.82) is 0 Å². The lowest BCUT2D eigenvalue weighted by molar-refractivity contribution is -0.138. The second kappa shape index (κ2) is 8.28. The van der Waals surface area contributed by atoms with Gasteiger partial charge < -0.3 is 16.2 Å². The third-order valence-corrected chi connectivity index (χ3v) is 4.70. The first kappa shape index (κ1) is 17.0. The SMILES string of the molecule is CC(C)C(NC(=O)CSC[C@@H](N)C(=O)O)c1cccs1. The summed E-state index contributed by atoms with van der Waals surface area (Å²) < 4.78 is 0. The molecular formula is C13H20N2O3S2. The van der Waals surface area contributed by atoms with Crippen LogP contribution >= 0.6 is 23.1 Å². The number of carboxylic acids is 1. The van der Waals surface area contributed by atoms with Crippen LogP contribution in [0.3, 0.4) is 0 Å². The van der Waals surface area contributed by atoms with Gasteiger partial charge in [-0.15, -0.1) is 23.1 Å². The number of rotatable bonds is 8. The zero-order valence-corrected chi connectivity index (χ0v) is 13.2. The van der Waals surface area contributed by atoms with Gasteiger partial charge in [-0.2, -0.15) is 0 Å². The maximum Gasteiger partial charge on any atom is 0.321 e. The Bertz CT molecular complexity index is 435. The van der Waals surface area contributed by atoms with E-state index < -0.39 is 12.0 Å². The Morgan fingerprint density at radius 2 is 2.20 bits per heavy atom. The molecular weight excluding hydrogens is 296 g/mol. The van der Waals surface area contributed by atoms with Gasteiger partial charge in [-0.3, -0.25) is 9.59 Å². The van der Waals surface area contributed by atoms with E-state index in [1.807, 2.05) is 17.5 Å². The number of hydrogen-bond donors (Lipinski definition) is 3. The largest absolute Gasteiger partial charge is 0.480 e.